The van der Waals surface area contributed by atoms with Gasteiger partial charge in [-0.05, 0) is 37.3 Å². The molecule has 5 nitrogen and oxygen atoms in total. The maximum Gasteiger partial charge on any atom is 0.287 e. The smallest absolute Gasteiger partial charge is 0.287 e. The summed E-state index contributed by atoms with van der Waals surface area (Å²) in [6, 6.07) is 9.54. The van der Waals surface area contributed by atoms with Gasteiger partial charge in [-0.3, -0.25) is 4.79 Å². The van der Waals surface area contributed by atoms with Crippen LogP contribution < -0.4 is 10.2 Å². The Labute approximate surface area is 148 Å². The molecule has 0 unspecified atom stereocenters. The van der Waals surface area contributed by atoms with Crippen LogP contribution in [0.3, 0.4) is 0 Å². The van der Waals surface area contributed by atoms with Gasteiger partial charge in [-0.1, -0.05) is 15.9 Å². The van der Waals surface area contributed by atoms with Crippen LogP contribution in [0, 0.1) is 6.92 Å². The van der Waals surface area contributed by atoms with Crippen LogP contribution in [0.15, 0.2) is 49.9 Å². The summed E-state index contributed by atoms with van der Waals surface area (Å²) >= 11 is 3.45. The van der Waals surface area contributed by atoms with Crippen LogP contribution in [0.25, 0.3) is 11.0 Å². The van der Waals surface area contributed by atoms with Crippen molar-refractivity contribution in [2.75, 3.05) is 20.6 Å². The van der Waals surface area contributed by atoms with Crippen LogP contribution in [0.2, 0.25) is 0 Å². The predicted octanol–water partition coefficient (Wildman–Crippen LogP) is 2.71. The number of hydrogen-bond donors (Lipinski definition) is 2. The number of hydrogen-bond acceptors (Lipinski definition) is 3. The van der Waals surface area contributed by atoms with Crippen molar-refractivity contribution in [1.29, 1.82) is 0 Å². The third-order valence-electron chi connectivity index (χ3n) is 4.15. The summed E-state index contributed by atoms with van der Waals surface area (Å²) in [7, 11) is 4.06. The van der Waals surface area contributed by atoms with Gasteiger partial charge in [0.15, 0.2) is 17.6 Å². The number of amides is 1. The van der Waals surface area contributed by atoms with Gasteiger partial charge in [0.05, 0.1) is 26.9 Å². The molecule has 2 heterocycles. The van der Waals surface area contributed by atoms with Crippen molar-refractivity contribution in [3.8, 4) is 0 Å². The molecule has 2 N–H and O–H groups in total. The Morgan fingerprint density at radius 3 is 2.79 bits per heavy atom. The highest BCUT2D eigenvalue weighted by atomic mass is 79.9. The number of carbonyl (C=O) groups is 1. The molecular weight excluding hydrogens is 372 g/mol. The Balaban J connectivity index is 1.79. The van der Waals surface area contributed by atoms with Crippen molar-refractivity contribution in [2.24, 2.45) is 0 Å². The molecule has 3 rings (SSSR count). The molecule has 6 heteroatoms. The van der Waals surface area contributed by atoms with Crippen molar-refractivity contribution in [3.63, 3.8) is 0 Å². The summed E-state index contributed by atoms with van der Waals surface area (Å²) in [5.74, 6) is 0.994. The second kappa shape index (κ2) is 6.83. The Morgan fingerprint density at radius 1 is 1.33 bits per heavy atom. The average Bonchev–Trinajstić information content (AvgIpc) is 3.16. The maximum absolute atomic E-state index is 12.6. The number of aryl methyl sites for hydroxylation is 1. The predicted molar refractivity (Wildman–Crippen MR) is 95.2 cm³/mol. The Kier molecular flexibility index (Phi) is 4.78. The molecule has 1 aromatic carbocycles. The minimum atomic E-state index is -0.211. The topological polar surface area (TPSA) is 59.8 Å². The van der Waals surface area contributed by atoms with Crippen molar-refractivity contribution in [3.05, 3.63) is 58.2 Å². The molecule has 0 aliphatic rings. The zero-order chi connectivity index (χ0) is 17.3. The second-order valence-corrected chi connectivity index (χ2v) is 6.97. The number of furan rings is 2. The number of benzene rings is 1. The summed E-state index contributed by atoms with van der Waals surface area (Å²) in [4.78, 5) is 13.7. The van der Waals surface area contributed by atoms with Gasteiger partial charge < -0.3 is 19.1 Å². The zero-order valence-electron chi connectivity index (χ0n) is 13.9. The van der Waals surface area contributed by atoms with Gasteiger partial charge in [0.25, 0.3) is 5.91 Å². The average molecular weight is 392 g/mol. The molecule has 3 aromatic rings. The highest BCUT2D eigenvalue weighted by Gasteiger charge is 2.24. The lowest BCUT2D eigenvalue weighted by Crippen LogP contribution is -3.07. The van der Waals surface area contributed by atoms with E-state index in [0.717, 1.165) is 21.2 Å². The highest BCUT2D eigenvalue weighted by molar-refractivity contribution is 9.10. The molecule has 0 aliphatic heterocycles. The summed E-state index contributed by atoms with van der Waals surface area (Å²) in [6.07, 6.45) is 1.65. The molecule has 24 heavy (non-hydrogen) atoms. The lowest BCUT2D eigenvalue weighted by Gasteiger charge is -2.19. The first-order valence-corrected chi connectivity index (χ1v) is 8.57. The molecule has 0 bridgehead atoms. The standard InChI is InChI=1S/C18H19BrN2O3/c1-11-13-9-12(19)6-7-15(13)24-17(11)18(22)20-10-14(21(2)3)16-5-4-8-23-16/h4-9,14H,10H2,1-3H3,(H,20,22)/p+1/t14-/m1/s1. The molecule has 2 aromatic heterocycles. The lowest BCUT2D eigenvalue weighted by molar-refractivity contribution is -0.891. The lowest BCUT2D eigenvalue weighted by atomic mass is 10.1. The molecule has 0 saturated heterocycles. The second-order valence-electron chi connectivity index (χ2n) is 6.05. The molecule has 0 fully saturated rings. The summed E-state index contributed by atoms with van der Waals surface area (Å²) in [6.45, 7) is 2.36. The van der Waals surface area contributed by atoms with Crippen LogP contribution >= 0.6 is 15.9 Å². The van der Waals surface area contributed by atoms with Crippen molar-refractivity contribution in [1.82, 2.24) is 5.32 Å². The number of quaternary nitrogens is 1. The van der Waals surface area contributed by atoms with Gasteiger partial charge in [0.1, 0.15) is 5.58 Å². The Bertz CT molecular complexity index is 853. The van der Waals surface area contributed by atoms with E-state index in [1.807, 2.05) is 51.4 Å². The third-order valence-corrected chi connectivity index (χ3v) is 4.65. The van der Waals surface area contributed by atoms with E-state index in [1.165, 1.54) is 4.90 Å². The van der Waals surface area contributed by atoms with Gasteiger partial charge in [-0.25, -0.2) is 0 Å². The Hall–Kier alpha value is -2.05. The first kappa shape index (κ1) is 16.8. The number of likely N-dealkylation sites (N-methyl/N-ethyl adjacent to an activating group) is 1. The summed E-state index contributed by atoms with van der Waals surface area (Å²) < 4.78 is 12.2. The van der Waals surface area contributed by atoms with Crippen LogP contribution in [0.1, 0.15) is 27.9 Å². The quantitative estimate of drug-likeness (QED) is 0.702. The van der Waals surface area contributed by atoms with E-state index in [-0.39, 0.29) is 11.9 Å². The summed E-state index contributed by atoms with van der Waals surface area (Å²) in [5.41, 5.74) is 1.55. The van der Waals surface area contributed by atoms with Crippen LogP contribution in [0.4, 0.5) is 0 Å². The van der Waals surface area contributed by atoms with Crippen molar-refractivity contribution in [2.45, 2.75) is 13.0 Å². The number of nitrogens with one attached hydrogen (secondary N) is 2. The summed E-state index contributed by atoms with van der Waals surface area (Å²) in [5, 5.41) is 3.90. The van der Waals surface area contributed by atoms with Crippen molar-refractivity contribution < 1.29 is 18.5 Å². The number of halogens is 1. The third kappa shape index (κ3) is 3.25. The van der Waals surface area contributed by atoms with Crippen LogP contribution in [-0.2, 0) is 0 Å². The molecule has 0 spiro atoms. The first-order chi connectivity index (χ1) is 11.5. The number of fused-ring (bicyclic) bond motifs is 1. The Morgan fingerprint density at radius 2 is 2.12 bits per heavy atom. The molecule has 0 radical (unpaired) electrons. The van der Waals surface area contributed by atoms with Gasteiger partial charge in [0, 0.05) is 15.4 Å². The van der Waals surface area contributed by atoms with E-state index < -0.39 is 0 Å². The largest absolute Gasteiger partial charge is 0.463 e. The molecule has 126 valence electrons. The normalized spacial score (nSPS) is 12.7. The zero-order valence-corrected chi connectivity index (χ0v) is 15.4. The minimum Gasteiger partial charge on any atom is -0.463 e. The van der Waals surface area contributed by atoms with E-state index in [2.05, 4.69) is 21.2 Å². The SMILES string of the molecule is Cc1c(C(=O)NC[C@H](c2ccco2)[NH+](C)C)oc2ccc(Br)cc12. The number of carbonyl (C=O) groups excluding carboxylic acids is 1. The van der Waals surface area contributed by atoms with Gasteiger partial charge in [-0.15, -0.1) is 0 Å². The van der Waals surface area contributed by atoms with Crippen LogP contribution in [-0.4, -0.2) is 26.5 Å². The van der Waals surface area contributed by atoms with E-state index in [1.54, 1.807) is 6.26 Å². The highest BCUT2D eigenvalue weighted by Crippen LogP contribution is 2.28. The fourth-order valence-electron chi connectivity index (χ4n) is 2.76. The first-order valence-electron chi connectivity index (χ1n) is 7.77. The van der Waals surface area contributed by atoms with E-state index >= 15 is 0 Å². The van der Waals surface area contributed by atoms with Crippen molar-refractivity contribution >= 4 is 32.8 Å². The molecule has 1 atom stereocenters. The van der Waals surface area contributed by atoms with E-state index in [0.29, 0.717) is 17.9 Å². The van der Waals surface area contributed by atoms with Gasteiger partial charge in [-0.2, -0.15) is 0 Å². The number of rotatable bonds is 5. The molecule has 0 saturated carbocycles. The molecule has 0 aliphatic carbocycles. The van der Waals surface area contributed by atoms with E-state index in [9.17, 15) is 4.79 Å². The maximum atomic E-state index is 12.6. The monoisotopic (exact) mass is 391 g/mol. The molecule has 1 amide bonds. The van der Waals surface area contributed by atoms with Crippen LogP contribution in [0.5, 0.6) is 0 Å². The molecular formula is C18H20BrN2O3+. The van der Waals surface area contributed by atoms with E-state index in [4.69, 9.17) is 8.83 Å². The minimum absolute atomic E-state index is 0.0442. The van der Waals surface area contributed by atoms with Gasteiger partial charge in [0.2, 0.25) is 0 Å². The van der Waals surface area contributed by atoms with Gasteiger partial charge >= 0.3 is 0 Å². The fraction of sp³-hybridized carbons (Fsp3) is 0.278. The fourth-order valence-corrected chi connectivity index (χ4v) is 3.12.